The number of urea groups is 1. The molecular formula is C21H22N4O3. The van der Waals surface area contributed by atoms with E-state index in [-0.39, 0.29) is 23.7 Å². The van der Waals surface area contributed by atoms with E-state index in [1.54, 1.807) is 18.2 Å². The highest BCUT2D eigenvalue weighted by atomic mass is 16.5. The van der Waals surface area contributed by atoms with Crippen molar-refractivity contribution in [2.75, 3.05) is 5.32 Å². The number of carbonyl (C=O) groups excluding carboxylic acids is 2. The second-order valence-corrected chi connectivity index (χ2v) is 6.58. The second-order valence-electron chi connectivity index (χ2n) is 6.58. The summed E-state index contributed by atoms with van der Waals surface area (Å²) in [5.41, 5.74) is 2.66. The fourth-order valence-electron chi connectivity index (χ4n) is 2.53. The van der Waals surface area contributed by atoms with Crippen LogP contribution in [0.3, 0.4) is 0 Å². The normalized spacial score (nSPS) is 10.5. The van der Waals surface area contributed by atoms with Crippen LogP contribution in [0.1, 0.15) is 29.9 Å². The van der Waals surface area contributed by atoms with E-state index in [1.165, 1.54) is 0 Å². The van der Waals surface area contributed by atoms with Gasteiger partial charge < -0.3 is 20.5 Å². The highest BCUT2D eigenvalue weighted by molar-refractivity contribution is 5.93. The molecule has 0 aliphatic heterocycles. The van der Waals surface area contributed by atoms with Gasteiger partial charge in [0.15, 0.2) is 11.5 Å². The van der Waals surface area contributed by atoms with Crippen LogP contribution in [0, 0.1) is 0 Å². The molecular weight excluding hydrogens is 356 g/mol. The van der Waals surface area contributed by atoms with Crippen molar-refractivity contribution in [3.63, 3.8) is 0 Å². The van der Waals surface area contributed by atoms with Crippen LogP contribution in [0.4, 0.5) is 10.5 Å². The Morgan fingerprint density at radius 3 is 2.43 bits per heavy atom. The van der Waals surface area contributed by atoms with Crippen LogP contribution >= 0.6 is 0 Å². The third-order valence-corrected chi connectivity index (χ3v) is 3.89. The van der Waals surface area contributed by atoms with Gasteiger partial charge in [-0.15, -0.1) is 0 Å². The van der Waals surface area contributed by atoms with Crippen molar-refractivity contribution in [3.8, 4) is 11.3 Å². The van der Waals surface area contributed by atoms with Crippen LogP contribution < -0.4 is 16.0 Å². The number of rotatable bonds is 6. The Morgan fingerprint density at radius 1 is 1.04 bits per heavy atom. The van der Waals surface area contributed by atoms with Crippen LogP contribution in [-0.4, -0.2) is 23.1 Å². The topological polar surface area (TPSA) is 96.3 Å². The summed E-state index contributed by atoms with van der Waals surface area (Å²) in [5, 5.41) is 12.1. The number of nitrogens with one attached hydrogen (secondary N) is 3. The third kappa shape index (κ3) is 5.20. The van der Waals surface area contributed by atoms with Gasteiger partial charge >= 0.3 is 6.03 Å². The van der Waals surface area contributed by atoms with Crippen molar-refractivity contribution in [2.45, 2.75) is 26.4 Å². The second kappa shape index (κ2) is 8.85. The number of amides is 3. The Bertz CT molecular complexity index is 934. The predicted molar refractivity (Wildman–Crippen MR) is 107 cm³/mol. The van der Waals surface area contributed by atoms with E-state index in [0.717, 1.165) is 11.1 Å². The zero-order valence-electron chi connectivity index (χ0n) is 15.7. The summed E-state index contributed by atoms with van der Waals surface area (Å²) in [6.45, 7) is 4.12. The van der Waals surface area contributed by atoms with Crippen molar-refractivity contribution < 1.29 is 14.1 Å². The average Bonchev–Trinajstić information content (AvgIpc) is 3.17. The van der Waals surface area contributed by atoms with Gasteiger partial charge in [0.05, 0.1) is 0 Å². The Morgan fingerprint density at radius 2 is 1.75 bits per heavy atom. The van der Waals surface area contributed by atoms with Crippen molar-refractivity contribution in [3.05, 3.63) is 71.9 Å². The van der Waals surface area contributed by atoms with E-state index >= 15 is 0 Å². The zero-order chi connectivity index (χ0) is 19.9. The Kier molecular flexibility index (Phi) is 6.06. The molecule has 28 heavy (non-hydrogen) atoms. The molecule has 0 fully saturated rings. The highest BCUT2D eigenvalue weighted by Gasteiger charge is 2.13. The first-order chi connectivity index (χ1) is 13.5. The molecule has 0 aliphatic rings. The summed E-state index contributed by atoms with van der Waals surface area (Å²) >= 11 is 0. The van der Waals surface area contributed by atoms with Gasteiger partial charge in [-0.1, -0.05) is 47.6 Å². The molecule has 144 valence electrons. The monoisotopic (exact) mass is 378 g/mol. The van der Waals surface area contributed by atoms with Gasteiger partial charge in [-0.05, 0) is 31.5 Å². The number of benzene rings is 2. The van der Waals surface area contributed by atoms with Crippen molar-refractivity contribution in [1.29, 1.82) is 0 Å². The van der Waals surface area contributed by atoms with Crippen LogP contribution in [-0.2, 0) is 6.54 Å². The quantitative estimate of drug-likeness (QED) is 0.608. The number of carbonyl (C=O) groups is 2. The summed E-state index contributed by atoms with van der Waals surface area (Å²) in [7, 11) is 0. The highest BCUT2D eigenvalue weighted by Crippen LogP contribution is 2.19. The molecule has 0 radical (unpaired) electrons. The standard InChI is InChI=1S/C21H22N4O3/c1-14(2)23-21(27)24-17-10-8-15(9-11-17)13-22-20(26)18-12-19(28-25-18)16-6-4-3-5-7-16/h3-12,14H,13H2,1-2H3,(H,22,26)(H2,23,24,27). The van der Waals surface area contributed by atoms with Gasteiger partial charge in [-0.25, -0.2) is 4.79 Å². The predicted octanol–water partition coefficient (Wildman–Crippen LogP) is 3.80. The van der Waals surface area contributed by atoms with E-state index in [0.29, 0.717) is 18.0 Å². The van der Waals surface area contributed by atoms with E-state index in [4.69, 9.17) is 4.52 Å². The first-order valence-electron chi connectivity index (χ1n) is 8.98. The molecule has 3 rings (SSSR count). The van der Waals surface area contributed by atoms with Crippen molar-refractivity contribution in [2.24, 2.45) is 0 Å². The number of aromatic nitrogens is 1. The first-order valence-corrected chi connectivity index (χ1v) is 8.98. The van der Waals surface area contributed by atoms with Gasteiger partial charge in [0.25, 0.3) is 5.91 Å². The molecule has 3 N–H and O–H groups in total. The molecule has 0 aliphatic carbocycles. The summed E-state index contributed by atoms with van der Waals surface area (Å²) in [4.78, 5) is 24.0. The van der Waals surface area contributed by atoms with Crippen LogP contribution in [0.2, 0.25) is 0 Å². The largest absolute Gasteiger partial charge is 0.355 e. The van der Waals surface area contributed by atoms with E-state index in [1.807, 2.05) is 56.3 Å². The first kappa shape index (κ1) is 19.2. The Labute approximate surface area is 163 Å². The number of anilines is 1. The third-order valence-electron chi connectivity index (χ3n) is 3.89. The molecule has 0 unspecified atom stereocenters. The maximum atomic E-state index is 12.3. The Balaban J connectivity index is 1.53. The van der Waals surface area contributed by atoms with Gasteiger partial charge in [0, 0.05) is 29.9 Å². The van der Waals surface area contributed by atoms with Gasteiger partial charge in [-0.3, -0.25) is 4.79 Å². The number of hydrogen-bond donors (Lipinski definition) is 3. The molecule has 2 aromatic carbocycles. The summed E-state index contributed by atoms with van der Waals surface area (Å²) in [6, 6.07) is 18.1. The van der Waals surface area contributed by atoms with Gasteiger partial charge in [0.1, 0.15) is 0 Å². The summed E-state index contributed by atoms with van der Waals surface area (Å²) in [6.07, 6.45) is 0. The van der Waals surface area contributed by atoms with Gasteiger partial charge in [-0.2, -0.15) is 0 Å². The minimum atomic E-state index is -0.315. The molecule has 7 heteroatoms. The van der Waals surface area contributed by atoms with Crippen molar-refractivity contribution in [1.82, 2.24) is 15.8 Å². The lowest BCUT2D eigenvalue weighted by atomic mass is 10.1. The lowest BCUT2D eigenvalue weighted by Crippen LogP contribution is -2.34. The lowest BCUT2D eigenvalue weighted by Gasteiger charge is -2.10. The zero-order valence-corrected chi connectivity index (χ0v) is 15.7. The maximum absolute atomic E-state index is 12.3. The van der Waals surface area contributed by atoms with Crippen LogP contribution in [0.5, 0.6) is 0 Å². The fraction of sp³-hybridized carbons (Fsp3) is 0.190. The molecule has 3 amide bonds. The molecule has 0 spiro atoms. The maximum Gasteiger partial charge on any atom is 0.319 e. The average molecular weight is 378 g/mol. The molecule has 0 atom stereocenters. The molecule has 0 bridgehead atoms. The number of hydrogen-bond acceptors (Lipinski definition) is 4. The molecule has 0 saturated heterocycles. The smallest absolute Gasteiger partial charge is 0.319 e. The summed E-state index contributed by atoms with van der Waals surface area (Å²) < 4.78 is 5.25. The fourth-order valence-corrected chi connectivity index (χ4v) is 2.53. The molecule has 1 aromatic heterocycles. The minimum Gasteiger partial charge on any atom is -0.355 e. The van der Waals surface area contributed by atoms with Crippen LogP contribution in [0.25, 0.3) is 11.3 Å². The molecule has 1 heterocycles. The molecule has 3 aromatic rings. The molecule has 0 saturated carbocycles. The van der Waals surface area contributed by atoms with Gasteiger partial charge in [0.2, 0.25) is 0 Å². The number of nitrogens with zero attached hydrogens (tertiary/aromatic N) is 1. The minimum absolute atomic E-state index is 0.0634. The summed E-state index contributed by atoms with van der Waals surface area (Å²) in [5.74, 6) is 0.227. The molecule has 7 nitrogen and oxygen atoms in total. The SMILES string of the molecule is CC(C)NC(=O)Nc1ccc(CNC(=O)c2cc(-c3ccccc3)on2)cc1. The van der Waals surface area contributed by atoms with E-state index in [2.05, 4.69) is 21.1 Å². The van der Waals surface area contributed by atoms with Crippen LogP contribution in [0.15, 0.2) is 65.2 Å². The lowest BCUT2D eigenvalue weighted by molar-refractivity contribution is 0.0942. The van der Waals surface area contributed by atoms with E-state index < -0.39 is 0 Å². The van der Waals surface area contributed by atoms with Crippen molar-refractivity contribution >= 4 is 17.6 Å². The van der Waals surface area contributed by atoms with E-state index in [9.17, 15) is 9.59 Å². The Hall–Kier alpha value is -3.61.